The number of rotatable bonds is 4. The molecule has 0 saturated heterocycles. The van der Waals surface area contributed by atoms with Crippen LogP contribution in [0.25, 0.3) is 10.9 Å². The van der Waals surface area contributed by atoms with Crippen LogP contribution in [0.4, 0.5) is 0 Å². The Morgan fingerprint density at radius 2 is 1.95 bits per heavy atom. The highest BCUT2D eigenvalue weighted by Crippen LogP contribution is 2.35. The largest absolute Gasteiger partial charge is 0.348 e. The van der Waals surface area contributed by atoms with Crippen molar-refractivity contribution in [1.82, 2.24) is 9.88 Å². The summed E-state index contributed by atoms with van der Waals surface area (Å²) in [6, 6.07) is 6.88. The van der Waals surface area contributed by atoms with Gasteiger partial charge in [-0.3, -0.25) is 0 Å². The van der Waals surface area contributed by atoms with E-state index in [1.54, 1.807) is 0 Å². The lowest BCUT2D eigenvalue weighted by Crippen LogP contribution is -2.31. The molecule has 0 atom stereocenters. The molecule has 1 heterocycles. The maximum atomic E-state index is 3.33. The molecule has 1 N–H and O–H groups in total. The molecule has 2 rings (SSSR count). The first-order valence-electron chi connectivity index (χ1n) is 7.15. The first-order valence-corrected chi connectivity index (χ1v) is 7.15. The quantitative estimate of drug-likeness (QED) is 0.887. The van der Waals surface area contributed by atoms with E-state index in [1.165, 1.54) is 27.7 Å². The van der Waals surface area contributed by atoms with E-state index in [2.05, 4.69) is 62.8 Å². The molecule has 0 unspecified atom stereocenters. The van der Waals surface area contributed by atoms with Crippen molar-refractivity contribution >= 4 is 10.9 Å². The molecule has 0 saturated carbocycles. The molecule has 104 valence electrons. The third-order valence-electron chi connectivity index (χ3n) is 4.26. The van der Waals surface area contributed by atoms with E-state index in [-0.39, 0.29) is 5.41 Å². The molecule has 19 heavy (non-hydrogen) atoms. The molecule has 2 heteroatoms. The van der Waals surface area contributed by atoms with Crippen LogP contribution in [0.2, 0.25) is 0 Å². The predicted molar refractivity (Wildman–Crippen MR) is 84.0 cm³/mol. The average Bonchev–Trinajstić information content (AvgIpc) is 2.61. The minimum atomic E-state index is 0.144. The van der Waals surface area contributed by atoms with E-state index in [1.807, 2.05) is 7.05 Å². The third kappa shape index (κ3) is 2.30. The molecule has 0 aliphatic heterocycles. The fourth-order valence-corrected chi connectivity index (χ4v) is 3.22. The highest BCUT2D eigenvalue weighted by atomic mass is 15.0. The van der Waals surface area contributed by atoms with Crippen LogP contribution < -0.4 is 5.32 Å². The molecule has 2 nitrogen and oxygen atoms in total. The molecule has 0 aliphatic rings. The van der Waals surface area contributed by atoms with Crippen molar-refractivity contribution in [2.24, 2.45) is 7.05 Å². The Hall–Kier alpha value is -1.28. The zero-order valence-corrected chi connectivity index (χ0v) is 13.1. The second kappa shape index (κ2) is 5.01. The number of hydrogen-bond donors (Lipinski definition) is 1. The zero-order valence-electron chi connectivity index (χ0n) is 13.1. The van der Waals surface area contributed by atoms with E-state index >= 15 is 0 Å². The Morgan fingerprint density at radius 3 is 2.53 bits per heavy atom. The second-order valence-electron chi connectivity index (χ2n) is 6.14. The molecule has 1 aromatic carbocycles. The summed E-state index contributed by atoms with van der Waals surface area (Å²) in [5, 5.41) is 4.74. The van der Waals surface area contributed by atoms with Crippen molar-refractivity contribution in [3.05, 3.63) is 35.0 Å². The van der Waals surface area contributed by atoms with Gasteiger partial charge in [-0.25, -0.2) is 0 Å². The number of likely N-dealkylation sites (N-methyl/N-ethyl adjacent to an activating group) is 1. The summed E-state index contributed by atoms with van der Waals surface area (Å²) in [6.07, 6.45) is 1.09. The SMILES string of the molecule is CCc1ccc2c(c1)c(C(C)(C)CNC)c(C)n2C. The van der Waals surface area contributed by atoms with Crippen molar-refractivity contribution in [2.45, 2.75) is 39.5 Å². The summed E-state index contributed by atoms with van der Waals surface area (Å²) in [6.45, 7) is 10.1. The lowest BCUT2D eigenvalue weighted by Gasteiger charge is -2.25. The smallest absolute Gasteiger partial charge is 0.0483 e. The van der Waals surface area contributed by atoms with Crippen molar-refractivity contribution in [3.8, 4) is 0 Å². The molecular formula is C17H26N2. The Morgan fingerprint density at radius 1 is 1.26 bits per heavy atom. The van der Waals surface area contributed by atoms with Crippen LogP contribution in [0.3, 0.4) is 0 Å². The molecule has 0 fully saturated rings. The summed E-state index contributed by atoms with van der Waals surface area (Å²) >= 11 is 0. The number of hydrogen-bond acceptors (Lipinski definition) is 1. The number of nitrogens with zero attached hydrogens (tertiary/aromatic N) is 1. The number of benzene rings is 1. The fraction of sp³-hybridized carbons (Fsp3) is 0.529. The summed E-state index contributed by atoms with van der Waals surface area (Å²) in [5.41, 5.74) is 5.76. The van der Waals surface area contributed by atoms with Crippen LogP contribution in [-0.2, 0) is 18.9 Å². The lowest BCUT2D eigenvalue weighted by atomic mass is 9.82. The second-order valence-corrected chi connectivity index (χ2v) is 6.14. The summed E-state index contributed by atoms with van der Waals surface area (Å²) < 4.78 is 2.32. The Labute approximate surface area is 116 Å². The van der Waals surface area contributed by atoms with Crippen LogP contribution in [-0.4, -0.2) is 18.2 Å². The van der Waals surface area contributed by atoms with Gasteiger partial charge in [-0.1, -0.05) is 26.8 Å². The van der Waals surface area contributed by atoms with Crippen LogP contribution in [0.5, 0.6) is 0 Å². The summed E-state index contributed by atoms with van der Waals surface area (Å²) in [4.78, 5) is 0. The molecule has 0 aliphatic carbocycles. The molecule has 0 radical (unpaired) electrons. The summed E-state index contributed by atoms with van der Waals surface area (Å²) in [5.74, 6) is 0. The van der Waals surface area contributed by atoms with E-state index < -0.39 is 0 Å². The van der Waals surface area contributed by atoms with Gasteiger partial charge in [0.25, 0.3) is 0 Å². The van der Waals surface area contributed by atoms with Gasteiger partial charge < -0.3 is 9.88 Å². The summed E-state index contributed by atoms with van der Waals surface area (Å²) in [7, 11) is 4.20. The maximum absolute atomic E-state index is 3.33. The van der Waals surface area contributed by atoms with E-state index in [9.17, 15) is 0 Å². The predicted octanol–water partition coefficient (Wildman–Crippen LogP) is 3.55. The number of aromatic nitrogens is 1. The van der Waals surface area contributed by atoms with Crippen LogP contribution in [0.1, 0.15) is 37.6 Å². The Balaban J connectivity index is 2.74. The standard InChI is InChI=1S/C17H26N2/c1-7-13-8-9-15-14(10-13)16(12(2)19(15)6)17(3,4)11-18-5/h8-10,18H,7,11H2,1-6H3. The minimum Gasteiger partial charge on any atom is -0.348 e. The van der Waals surface area contributed by atoms with Gasteiger partial charge in [0.15, 0.2) is 0 Å². The Kier molecular flexibility index (Phi) is 3.73. The van der Waals surface area contributed by atoms with Crippen molar-refractivity contribution < 1.29 is 0 Å². The van der Waals surface area contributed by atoms with Crippen molar-refractivity contribution in [1.29, 1.82) is 0 Å². The minimum absolute atomic E-state index is 0.144. The van der Waals surface area contributed by atoms with Gasteiger partial charge in [0.2, 0.25) is 0 Å². The van der Waals surface area contributed by atoms with E-state index in [4.69, 9.17) is 0 Å². The van der Waals surface area contributed by atoms with Crippen molar-refractivity contribution in [2.75, 3.05) is 13.6 Å². The van der Waals surface area contributed by atoms with Gasteiger partial charge in [0.1, 0.15) is 0 Å². The topological polar surface area (TPSA) is 17.0 Å². The van der Waals surface area contributed by atoms with Gasteiger partial charge in [0, 0.05) is 35.6 Å². The van der Waals surface area contributed by atoms with Crippen molar-refractivity contribution in [3.63, 3.8) is 0 Å². The van der Waals surface area contributed by atoms with Crippen LogP contribution in [0.15, 0.2) is 18.2 Å². The van der Waals surface area contributed by atoms with Gasteiger partial charge in [0.05, 0.1) is 0 Å². The molecule has 0 amide bonds. The van der Waals surface area contributed by atoms with E-state index in [0.717, 1.165) is 13.0 Å². The molecule has 2 aromatic rings. The monoisotopic (exact) mass is 258 g/mol. The van der Waals surface area contributed by atoms with Gasteiger partial charge >= 0.3 is 0 Å². The first kappa shape index (κ1) is 14.1. The average molecular weight is 258 g/mol. The molecule has 1 aromatic heterocycles. The van der Waals surface area contributed by atoms with Gasteiger partial charge in [-0.2, -0.15) is 0 Å². The van der Waals surface area contributed by atoms with Crippen LogP contribution >= 0.6 is 0 Å². The zero-order chi connectivity index (χ0) is 14.2. The number of aryl methyl sites for hydroxylation is 2. The van der Waals surface area contributed by atoms with Gasteiger partial charge in [-0.05, 0) is 43.7 Å². The van der Waals surface area contributed by atoms with Crippen LogP contribution in [0, 0.1) is 6.92 Å². The first-order chi connectivity index (χ1) is 8.92. The normalized spacial score (nSPS) is 12.3. The Bertz CT molecular complexity index is 591. The lowest BCUT2D eigenvalue weighted by molar-refractivity contribution is 0.493. The number of nitrogens with one attached hydrogen (secondary N) is 1. The molecule has 0 spiro atoms. The fourth-order valence-electron chi connectivity index (χ4n) is 3.22. The highest BCUT2D eigenvalue weighted by Gasteiger charge is 2.27. The maximum Gasteiger partial charge on any atom is 0.0483 e. The third-order valence-corrected chi connectivity index (χ3v) is 4.26. The van der Waals surface area contributed by atoms with Gasteiger partial charge in [-0.15, -0.1) is 0 Å². The van der Waals surface area contributed by atoms with E-state index in [0.29, 0.717) is 0 Å². The molecular weight excluding hydrogens is 232 g/mol. The highest BCUT2D eigenvalue weighted by molar-refractivity contribution is 5.87. The number of fused-ring (bicyclic) bond motifs is 1. The molecule has 0 bridgehead atoms.